The van der Waals surface area contributed by atoms with E-state index in [1.54, 1.807) is 0 Å². The van der Waals surface area contributed by atoms with Gasteiger partial charge in [0, 0.05) is 6.20 Å². The number of carboxylic acid groups (broad SMARTS) is 1. The van der Waals surface area contributed by atoms with Crippen molar-refractivity contribution in [3.63, 3.8) is 0 Å². The van der Waals surface area contributed by atoms with Crippen LogP contribution in [-0.2, 0) is 0 Å². The van der Waals surface area contributed by atoms with E-state index in [-0.39, 0.29) is 17.5 Å². The van der Waals surface area contributed by atoms with Gasteiger partial charge in [-0.15, -0.1) is 0 Å². The molecule has 1 heterocycles. The SMILES string of the molecule is O=C(O)c1ccnc(Oc2ccc(F)cc2[N+](=O)[O-])n1. The highest BCUT2D eigenvalue weighted by molar-refractivity contribution is 5.85. The second-order valence-corrected chi connectivity index (χ2v) is 3.50. The third-order valence-corrected chi connectivity index (χ3v) is 2.17. The second kappa shape index (κ2) is 5.26. The van der Waals surface area contributed by atoms with Crippen molar-refractivity contribution in [2.75, 3.05) is 0 Å². The van der Waals surface area contributed by atoms with E-state index in [0.29, 0.717) is 6.07 Å². The number of carboxylic acids is 1. The molecule has 2 rings (SSSR count). The Balaban J connectivity index is 2.37. The van der Waals surface area contributed by atoms with Gasteiger partial charge in [0.25, 0.3) is 0 Å². The molecule has 0 saturated heterocycles. The molecular formula is C11H6FN3O5. The van der Waals surface area contributed by atoms with Gasteiger partial charge in [-0.3, -0.25) is 10.1 Å². The highest BCUT2D eigenvalue weighted by Crippen LogP contribution is 2.30. The van der Waals surface area contributed by atoms with Gasteiger partial charge >= 0.3 is 17.7 Å². The van der Waals surface area contributed by atoms with Gasteiger partial charge < -0.3 is 9.84 Å². The van der Waals surface area contributed by atoms with E-state index < -0.39 is 22.4 Å². The fraction of sp³-hybridized carbons (Fsp3) is 0. The first-order valence-electron chi connectivity index (χ1n) is 5.15. The quantitative estimate of drug-likeness (QED) is 0.672. The lowest BCUT2D eigenvalue weighted by Gasteiger charge is -2.04. The van der Waals surface area contributed by atoms with Crippen molar-refractivity contribution < 1.29 is 24.0 Å². The highest BCUT2D eigenvalue weighted by Gasteiger charge is 2.18. The van der Waals surface area contributed by atoms with Crippen molar-refractivity contribution in [1.82, 2.24) is 9.97 Å². The van der Waals surface area contributed by atoms with Crippen LogP contribution in [0.15, 0.2) is 30.5 Å². The Morgan fingerprint density at radius 3 is 2.80 bits per heavy atom. The van der Waals surface area contributed by atoms with Crippen molar-refractivity contribution in [1.29, 1.82) is 0 Å². The molecule has 0 fully saturated rings. The normalized spacial score (nSPS) is 10.1. The van der Waals surface area contributed by atoms with Gasteiger partial charge in [0.1, 0.15) is 5.82 Å². The fourth-order valence-electron chi connectivity index (χ4n) is 1.33. The predicted molar refractivity (Wildman–Crippen MR) is 62.1 cm³/mol. The molecule has 9 heteroatoms. The van der Waals surface area contributed by atoms with E-state index in [9.17, 15) is 19.3 Å². The first kappa shape index (κ1) is 13.3. The molecule has 20 heavy (non-hydrogen) atoms. The van der Waals surface area contributed by atoms with E-state index >= 15 is 0 Å². The monoisotopic (exact) mass is 279 g/mol. The number of ether oxygens (including phenoxy) is 1. The van der Waals surface area contributed by atoms with Crippen molar-refractivity contribution in [3.8, 4) is 11.8 Å². The standard InChI is InChI=1S/C11H6FN3O5/c12-6-1-2-9(8(5-6)15(18)19)20-11-13-4-3-7(14-11)10(16)17/h1-5H,(H,16,17). The van der Waals surface area contributed by atoms with E-state index in [2.05, 4.69) is 9.97 Å². The summed E-state index contributed by atoms with van der Waals surface area (Å²) in [6.45, 7) is 0. The zero-order valence-corrected chi connectivity index (χ0v) is 9.69. The third-order valence-electron chi connectivity index (χ3n) is 2.17. The van der Waals surface area contributed by atoms with E-state index in [1.165, 1.54) is 0 Å². The van der Waals surface area contributed by atoms with Crippen LogP contribution in [0.3, 0.4) is 0 Å². The summed E-state index contributed by atoms with van der Waals surface area (Å²) in [5.74, 6) is -2.39. The Bertz CT molecular complexity index is 692. The molecule has 1 N–H and O–H groups in total. The van der Waals surface area contributed by atoms with E-state index in [1.807, 2.05) is 0 Å². The van der Waals surface area contributed by atoms with Crippen LogP contribution < -0.4 is 4.74 Å². The molecular weight excluding hydrogens is 273 g/mol. The molecule has 0 aliphatic carbocycles. The van der Waals surface area contributed by atoms with Gasteiger partial charge in [-0.05, 0) is 18.2 Å². The number of nitro benzene ring substituents is 1. The van der Waals surface area contributed by atoms with Crippen LogP contribution in [0.5, 0.6) is 11.8 Å². The maximum atomic E-state index is 12.9. The molecule has 0 unspecified atom stereocenters. The Morgan fingerprint density at radius 1 is 1.40 bits per heavy atom. The maximum Gasteiger partial charge on any atom is 0.354 e. The Labute approximate surface area is 110 Å². The largest absolute Gasteiger partial charge is 0.477 e. The van der Waals surface area contributed by atoms with Crippen molar-refractivity contribution in [2.24, 2.45) is 0 Å². The minimum atomic E-state index is -1.30. The summed E-state index contributed by atoms with van der Waals surface area (Å²) in [5.41, 5.74) is -0.950. The predicted octanol–water partition coefficient (Wildman–Crippen LogP) is 2.01. The zero-order valence-electron chi connectivity index (χ0n) is 9.69. The smallest absolute Gasteiger partial charge is 0.354 e. The molecule has 102 valence electrons. The highest BCUT2D eigenvalue weighted by atomic mass is 19.1. The van der Waals surface area contributed by atoms with E-state index in [0.717, 1.165) is 24.4 Å². The molecule has 8 nitrogen and oxygen atoms in total. The number of carbonyl (C=O) groups is 1. The summed E-state index contributed by atoms with van der Waals surface area (Å²) in [6.07, 6.45) is 1.13. The number of aromatic nitrogens is 2. The second-order valence-electron chi connectivity index (χ2n) is 3.50. The Kier molecular flexibility index (Phi) is 3.51. The van der Waals surface area contributed by atoms with Crippen LogP contribution in [0.4, 0.5) is 10.1 Å². The number of nitro groups is 1. The molecule has 0 aliphatic heterocycles. The van der Waals surface area contributed by atoms with Gasteiger partial charge in [-0.2, -0.15) is 4.98 Å². The lowest BCUT2D eigenvalue weighted by molar-refractivity contribution is -0.385. The number of aromatic carboxylic acids is 1. The number of nitrogens with zero attached hydrogens (tertiary/aromatic N) is 3. The topological polar surface area (TPSA) is 115 Å². The molecule has 0 bridgehead atoms. The molecule has 0 aliphatic rings. The number of hydrogen-bond acceptors (Lipinski definition) is 6. The molecule has 1 aromatic heterocycles. The van der Waals surface area contributed by atoms with Crippen LogP contribution in [0.25, 0.3) is 0 Å². The van der Waals surface area contributed by atoms with Crippen molar-refractivity contribution >= 4 is 11.7 Å². The van der Waals surface area contributed by atoms with Crippen LogP contribution >= 0.6 is 0 Å². The molecule has 2 aromatic rings. The van der Waals surface area contributed by atoms with Crippen molar-refractivity contribution in [2.45, 2.75) is 0 Å². The van der Waals surface area contributed by atoms with Crippen LogP contribution in [0.1, 0.15) is 10.5 Å². The number of benzene rings is 1. The summed E-state index contributed by atoms with van der Waals surface area (Å²) in [6, 6.07) is 3.41. The minimum absolute atomic E-state index is 0.293. The molecule has 0 amide bonds. The Morgan fingerprint density at radius 2 is 2.15 bits per heavy atom. The summed E-state index contributed by atoms with van der Waals surface area (Å²) >= 11 is 0. The van der Waals surface area contributed by atoms with Gasteiger partial charge in [0.15, 0.2) is 5.69 Å². The Hall–Kier alpha value is -3.10. The number of hydrogen-bond donors (Lipinski definition) is 1. The van der Waals surface area contributed by atoms with Gasteiger partial charge in [-0.1, -0.05) is 0 Å². The lowest BCUT2D eigenvalue weighted by Crippen LogP contribution is -2.03. The summed E-state index contributed by atoms with van der Waals surface area (Å²) in [7, 11) is 0. The van der Waals surface area contributed by atoms with Gasteiger partial charge in [0.05, 0.1) is 11.0 Å². The third kappa shape index (κ3) is 2.83. The van der Waals surface area contributed by atoms with Gasteiger partial charge in [0.2, 0.25) is 5.75 Å². The molecule has 0 saturated carbocycles. The molecule has 0 radical (unpaired) electrons. The first-order valence-corrected chi connectivity index (χ1v) is 5.15. The lowest BCUT2D eigenvalue weighted by atomic mass is 10.3. The minimum Gasteiger partial charge on any atom is -0.477 e. The molecule has 0 spiro atoms. The van der Waals surface area contributed by atoms with E-state index in [4.69, 9.17) is 9.84 Å². The van der Waals surface area contributed by atoms with Crippen LogP contribution in [0.2, 0.25) is 0 Å². The first-order chi connectivity index (χ1) is 9.47. The van der Waals surface area contributed by atoms with Crippen LogP contribution in [-0.4, -0.2) is 26.0 Å². The van der Waals surface area contributed by atoms with Crippen LogP contribution in [0, 0.1) is 15.9 Å². The molecule has 0 atom stereocenters. The van der Waals surface area contributed by atoms with Gasteiger partial charge in [-0.25, -0.2) is 14.2 Å². The summed E-state index contributed by atoms with van der Waals surface area (Å²) in [4.78, 5) is 27.8. The fourth-order valence-corrected chi connectivity index (χ4v) is 1.33. The number of rotatable bonds is 4. The van der Waals surface area contributed by atoms with Crippen molar-refractivity contribution in [3.05, 3.63) is 52.1 Å². The maximum absolute atomic E-state index is 12.9. The summed E-state index contributed by atoms with van der Waals surface area (Å²) < 4.78 is 18.0. The zero-order chi connectivity index (χ0) is 14.7. The average Bonchev–Trinajstić information content (AvgIpc) is 2.41. The summed E-state index contributed by atoms with van der Waals surface area (Å²) in [5, 5.41) is 19.5. The molecule has 1 aromatic carbocycles. The average molecular weight is 279 g/mol. The number of halogens is 1.